The molecule has 1 aromatic carbocycles. The van der Waals surface area contributed by atoms with Crippen molar-refractivity contribution in [2.75, 3.05) is 26.8 Å². The third kappa shape index (κ3) is 3.86. The lowest BCUT2D eigenvalue weighted by Crippen LogP contribution is -2.48. The van der Waals surface area contributed by atoms with Crippen molar-refractivity contribution in [3.05, 3.63) is 28.2 Å². The van der Waals surface area contributed by atoms with Gasteiger partial charge in [0.2, 0.25) is 0 Å². The van der Waals surface area contributed by atoms with Crippen molar-refractivity contribution in [1.29, 1.82) is 0 Å². The number of benzene rings is 1. The van der Waals surface area contributed by atoms with Crippen LogP contribution in [0.1, 0.15) is 12.5 Å². The highest BCUT2D eigenvalue weighted by atomic mass is 79.9. The quantitative estimate of drug-likeness (QED) is 0.917. The first-order chi connectivity index (χ1) is 9.60. The number of nitrogens with one attached hydrogen (secondary N) is 1. The van der Waals surface area contributed by atoms with Gasteiger partial charge in [0, 0.05) is 29.7 Å². The minimum Gasteiger partial charge on any atom is -0.496 e. The zero-order chi connectivity index (χ0) is 14.5. The number of halogens is 1. The summed E-state index contributed by atoms with van der Waals surface area (Å²) in [4.78, 5) is 13.9. The molecule has 20 heavy (non-hydrogen) atoms. The highest BCUT2D eigenvalue weighted by molar-refractivity contribution is 9.10. The number of rotatable bonds is 3. The summed E-state index contributed by atoms with van der Waals surface area (Å²) in [6.07, 6.45) is 0.0925. The second kappa shape index (κ2) is 6.95. The van der Waals surface area contributed by atoms with E-state index in [9.17, 15) is 4.79 Å². The highest BCUT2D eigenvalue weighted by Crippen LogP contribution is 2.22. The van der Waals surface area contributed by atoms with Gasteiger partial charge in [-0.25, -0.2) is 4.79 Å². The number of amides is 2. The van der Waals surface area contributed by atoms with Gasteiger partial charge in [-0.3, -0.25) is 0 Å². The minimum absolute atomic E-state index is 0.0674. The molecular weight excluding hydrogens is 324 g/mol. The first-order valence-corrected chi connectivity index (χ1v) is 7.36. The first kappa shape index (κ1) is 15.1. The van der Waals surface area contributed by atoms with Crippen LogP contribution in [0.3, 0.4) is 0 Å². The van der Waals surface area contributed by atoms with E-state index in [4.69, 9.17) is 9.47 Å². The van der Waals surface area contributed by atoms with E-state index in [-0.39, 0.29) is 12.1 Å². The Bertz CT molecular complexity index is 481. The van der Waals surface area contributed by atoms with E-state index < -0.39 is 0 Å². The fourth-order valence-electron chi connectivity index (χ4n) is 2.17. The van der Waals surface area contributed by atoms with Crippen LogP contribution in [0, 0.1) is 0 Å². The molecule has 110 valence electrons. The molecular formula is C14H19BrN2O3. The molecule has 1 unspecified atom stereocenters. The van der Waals surface area contributed by atoms with Gasteiger partial charge in [0.1, 0.15) is 5.75 Å². The summed E-state index contributed by atoms with van der Waals surface area (Å²) in [5.41, 5.74) is 0.941. The van der Waals surface area contributed by atoms with Crippen LogP contribution in [0.25, 0.3) is 0 Å². The van der Waals surface area contributed by atoms with E-state index in [0.717, 1.165) is 15.8 Å². The highest BCUT2D eigenvalue weighted by Gasteiger charge is 2.21. The maximum Gasteiger partial charge on any atom is 0.317 e. The molecule has 1 N–H and O–H groups in total. The molecule has 1 heterocycles. The van der Waals surface area contributed by atoms with Crippen molar-refractivity contribution >= 4 is 22.0 Å². The molecule has 1 atom stereocenters. The lowest BCUT2D eigenvalue weighted by molar-refractivity contribution is -0.00352. The van der Waals surface area contributed by atoms with Crippen molar-refractivity contribution in [1.82, 2.24) is 10.2 Å². The molecule has 1 saturated heterocycles. The van der Waals surface area contributed by atoms with Crippen LogP contribution in [0.5, 0.6) is 5.75 Å². The average molecular weight is 343 g/mol. The SMILES string of the molecule is COc1ccc(Br)cc1CNC(=O)N1CCOC(C)C1. The Morgan fingerprint density at radius 1 is 1.60 bits per heavy atom. The molecule has 1 fully saturated rings. The zero-order valence-electron chi connectivity index (χ0n) is 11.7. The van der Waals surface area contributed by atoms with Crippen molar-refractivity contribution < 1.29 is 14.3 Å². The molecule has 5 nitrogen and oxygen atoms in total. The number of morpholine rings is 1. The summed E-state index contributed by atoms with van der Waals surface area (Å²) in [7, 11) is 1.62. The van der Waals surface area contributed by atoms with Gasteiger partial charge in [-0.2, -0.15) is 0 Å². The van der Waals surface area contributed by atoms with Crippen LogP contribution in [-0.2, 0) is 11.3 Å². The van der Waals surface area contributed by atoms with E-state index in [1.165, 1.54) is 0 Å². The fraction of sp³-hybridized carbons (Fsp3) is 0.500. The molecule has 0 aliphatic carbocycles. The Hall–Kier alpha value is -1.27. The molecule has 0 bridgehead atoms. The monoisotopic (exact) mass is 342 g/mol. The Labute approximate surface area is 127 Å². The van der Waals surface area contributed by atoms with Gasteiger partial charge >= 0.3 is 6.03 Å². The third-order valence-corrected chi connectivity index (χ3v) is 3.69. The van der Waals surface area contributed by atoms with Crippen LogP contribution in [0.4, 0.5) is 4.79 Å². The van der Waals surface area contributed by atoms with Gasteiger partial charge in [-0.15, -0.1) is 0 Å². The molecule has 1 aliphatic heterocycles. The lowest BCUT2D eigenvalue weighted by atomic mass is 10.2. The molecule has 0 aromatic heterocycles. The maximum absolute atomic E-state index is 12.1. The summed E-state index contributed by atoms with van der Waals surface area (Å²) >= 11 is 3.42. The minimum atomic E-state index is -0.0674. The smallest absolute Gasteiger partial charge is 0.317 e. The summed E-state index contributed by atoms with van der Waals surface area (Å²) in [6.45, 7) is 4.26. The number of carbonyl (C=O) groups excluding carboxylic acids is 1. The van der Waals surface area contributed by atoms with Crippen LogP contribution in [0.15, 0.2) is 22.7 Å². The summed E-state index contributed by atoms with van der Waals surface area (Å²) in [5.74, 6) is 0.767. The van der Waals surface area contributed by atoms with Crippen LogP contribution < -0.4 is 10.1 Å². The van der Waals surface area contributed by atoms with Crippen molar-refractivity contribution in [2.45, 2.75) is 19.6 Å². The second-order valence-electron chi connectivity index (χ2n) is 4.74. The van der Waals surface area contributed by atoms with Crippen LogP contribution >= 0.6 is 15.9 Å². The summed E-state index contributed by atoms with van der Waals surface area (Å²) < 4.78 is 11.7. The average Bonchev–Trinajstić information content (AvgIpc) is 2.45. The van der Waals surface area contributed by atoms with Crippen LogP contribution in [0.2, 0.25) is 0 Å². The molecule has 0 saturated carbocycles. The normalized spacial score (nSPS) is 18.8. The zero-order valence-corrected chi connectivity index (χ0v) is 13.3. The van der Waals surface area contributed by atoms with E-state index in [2.05, 4.69) is 21.2 Å². The van der Waals surface area contributed by atoms with Crippen molar-refractivity contribution in [2.24, 2.45) is 0 Å². The van der Waals surface area contributed by atoms with E-state index in [0.29, 0.717) is 26.2 Å². The topological polar surface area (TPSA) is 50.8 Å². The number of hydrogen-bond acceptors (Lipinski definition) is 3. The van der Waals surface area contributed by atoms with Gasteiger partial charge in [-0.1, -0.05) is 15.9 Å². The lowest BCUT2D eigenvalue weighted by Gasteiger charge is -2.31. The Kier molecular flexibility index (Phi) is 5.25. The van der Waals surface area contributed by atoms with Gasteiger partial charge < -0.3 is 19.7 Å². The molecule has 0 spiro atoms. The van der Waals surface area contributed by atoms with Gasteiger partial charge in [-0.05, 0) is 25.1 Å². The Balaban J connectivity index is 1.94. The molecule has 6 heteroatoms. The predicted octanol–water partition coefficient (Wildman–Crippen LogP) is 2.39. The van der Waals surface area contributed by atoms with E-state index >= 15 is 0 Å². The number of hydrogen-bond donors (Lipinski definition) is 1. The van der Waals surface area contributed by atoms with E-state index in [1.54, 1.807) is 12.0 Å². The van der Waals surface area contributed by atoms with Crippen LogP contribution in [-0.4, -0.2) is 43.8 Å². The van der Waals surface area contributed by atoms with Crippen molar-refractivity contribution in [3.8, 4) is 5.75 Å². The fourth-order valence-corrected chi connectivity index (χ4v) is 2.58. The largest absolute Gasteiger partial charge is 0.496 e. The van der Waals surface area contributed by atoms with Crippen molar-refractivity contribution in [3.63, 3.8) is 0 Å². The number of nitrogens with zero attached hydrogens (tertiary/aromatic N) is 1. The third-order valence-electron chi connectivity index (χ3n) is 3.20. The first-order valence-electron chi connectivity index (χ1n) is 6.57. The molecule has 2 amide bonds. The Morgan fingerprint density at radius 3 is 3.10 bits per heavy atom. The molecule has 2 rings (SSSR count). The number of methoxy groups -OCH3 is 1. The number of urea groups is 1. The molecule has 0 radical (unpaired) electrons. The predicted molar refractivity (Wildman–Crippen MR) is 79.9 cm³/mol. The molecule has 1 aliphatic rings. The standard InChI is InChI=1S/C14H19BrN2O3/c1-10-9-17(5-6-20-10)14(18)16-8-11-7-12(15)3-4-13(11)19-2/h3-4,7,10H,5-6,8-9H2,1-2H3,(H,16,18). The van der Waals surface area contributed by atoms with Gasteiger partial charge in [0.15, 0.2) is 0 Å². The maximum atomic E-state index is 12.1. The summed E-state index contributed by atoms with van der Waals surface area (Å²) in [5, 5.41) is 2.92. The summed E-state index contributed by atoms with van der Waals surface area (Å²) in [6, 6.07) is 5.67. The molecule has 1 aromatic rings. The van der Waals surface area contributed by atoms with Gasteiger partial charge in [0.25, 0.3) is 0 Å². The Morgan fingerprint density at radius 2 is 2.40 bits per heavy atom. The van der Waals surface area contributed by atoms with E-state index in [1.807, 2.05) is 25.1 Å². The second-order valence-corrected chi connectivity index (χ2v) is 5.66. The number of carbonyl (C=O) groups is 1. The van der Waals surface area contributed by atoms with Gasteiger partial charge in [0.05, 0.1) is 19.8 Å². The number of ether oxygens (including phenoxy) is 2.